The number of benzene rings is 2. The van der Waals surface area contributed by atoms with Crippen LogP contribution in [0, 0.1) is 0 Å². The monoisotopic (exact) mass is 513 g/mol. The number of methoxy groups -OCH3 is 1. The summed E-state index contributed by atoms with van der Waals surface area (Å²) in [6.45, 7) is 6.57. The number of sulfonamides is 1. The highest BCUT2D eigenvalue weighted by atomic mass is 32.2. The molecule has 1 aromatic heterocycles. The maximum Gasteiger partial charge on any atom is 0.244 e. The minimum Gasteiger partial charge on any atom is -0.497 e. The first kappa shape index (κ1) is 25.3. The Balaban J connectivity index is 1.51. The van der Waals surface area contributed by atoms with Crippen molar-refractivity contribution in [2.75, 3.05) is 19.0 Å². The van der Waals surface area contributed by atoms with Crippen LogP contribution in [0.15, 0.2) is 58.8 Å². The second-order valence-electron chi connectivity index (χ2n) is 9.66. The summed E-state index contributed by atoms with van der Waals surface area (Å²) in [7, 11) is -2.20. The molecule has 2 heterocycles. The zero-order valence-corrected chi connectivity index (χ0v) is 22.1. The molecule has 1 N–H and O–H groups in total. The minimum atomic E-state index is -3.81. The maximum atomic E-state index is 13.5. The van der Waals surface area contributed by atoms with Gasteiger partial charge >= 0.3 is 0 Å². The Hall–Kier alpha value is -2.75. The van der Waals surface area contributed by atoms with Crippen LogP contribution in [0.25, 0.3) is 11.3 Å². The molecule has 2 aromatic carbocycles. The lowest BCUT2D eigenvalue weighted by Gasteiger charge is -2.33. The van der Waals surface area contributed by atoms with Gasteiger partial charge in [-0.2, -0.15) is 4.31 Å². The van der Waals surface area contributed by atoms with Crippen LogP contribution in [-0.4, -0.2) is 43.3 Å². The van der Waals surface area contributed by atoms with Gasteiger partial charge in [0.25, 0.3) is 0 Å². The van der Waals surface area contributed by atoms with Gasteiger partial charge in [-0.3, -0.25) is 4.79 Å². The van der Waals surface area contributed by atoms with E-state index in [-0.39, 0.29) is 16.2 Å². The summed E-state index contributed by atoms with van der Waals surface area (Å²) in [4.78, 5) is 17.9. The third-order valence-corrected chi connectivity index (χ3v) is 8.88. The number of thiazole rings is 1. The van der Waals surface area contributed by atoms with Crippen molar-refractivity contribution >= 4 is 32.4 Å². The van der Waals surface area contributed by atoms with Crippen molar-refractivity contribution in [3.05, 3.63) is 59.5 Å². The molecule has 9 heteroatoms. The Morgan fingerprint density at radius 2 is 1.77 bits per heavy atom. The molecular formula is C26H31N3O4S2. The van der Waals surface area contributed by atoms with Gasteiger partial charge in [0.15, 0.2) is 5.13 Å². The summed E-state index contributed by atoms with van der Waals surface area (Å²) in [6.07, 6.45) is 1.99. The van der Waals surface area contributed by atoms with E-state index < -0.39 is 16.1 Å². The number of carbonyl (C=O) groups excluding carboxylic acids is 1. The Morgan fingerprint density at radius 1 is 1.09 bits per heavy atom. The molecule has 0 radical (unpaired) electrons. The molecule has 0 aliphatic carbocycles. The fraction of sp³-hybridized carbons (Fsp3) is 0.385. The first-order valence-electron chi connectivity index (χ1n) is 11.6. The van der Waals surface area contributed by atoms with Gasteiger partial charge in [0.1, 0.15) is 11.8 Å². The van der Waals surface area contributed by atoms with E-state index in [1.165, 1.54) is 15.6 Å². The molecule has 35 heavy (non-hydrogen) atoms. The van der Waals surface area contributed by atoms with Gasteiger partial charge in [-0.05, 0) is 60.2 Å². The van der Waals surface area contributed by atoms with Gasteiger partial charge in [0.05, 0.1) is 17.7 Å². The number of amides is 1. The van der Waals surface area contributed by atoms with Gasteiger partial charge in [-0.25, -0.2) is 13.4 Å². The molecule has 1 aliphatic rings. The van der Waals surface area contributed by atoms with E-state index in [9.17, 15) is 13.2 Å². The van der Waals surface area contributed by atoms with Crippen LogP contribution < -0.4 is 10.1 Å². The number of hydrogen-bond donors (Lipinski definition) is 1. The average Bonchev–Trinajstić information content (AvgIpc) is 3.32. The lowest BCUT2D eigenvalue weighted by atomic mass is 9.87. The van der Waals surface area contributed by atoms with Crippen LogP contribution in [0.2, 0.25) is 0 Å². The first-order valence-corrected chi connectivity index (χ1v) is 13.9. The molecule has 7 nitrogen and oxygen atoms in total. The van der Waals surface area contributed by atoms with Gasteiger partial charge in [0.2, 0.25) is 15.9 Å². The second kappa shape index (κ2) is 10.1. The van der Waals surface area contributed by atoms with Crippen molar-refractivity contribution in [1.29, 1.82) is 0 Å². The molecule has 1 fully saturated rings. The Bertz CT molecular complexity index is 1280. The van der Waals surface area contributed by atoms with Crippen molar-refractivity contribution in [2.24, 2.45) is 0 Å². The highest BCUT2D eigenvalue weighted by Crippen LogP contribution is 2.30. The number of piperidine rings is 1. The quantitative estimate of drug-likeness (QED) is 0.483. The number of carbonyl (C=O) groups is 1. The van der Waals surface area contributed by atoms with Crippen molar-refractivity contribution in [3.63, 3.8) is 0 Å². The third kappa shape index (κ3) is 5.58. The van der Waals surface area contributed by atoms with Crippen LogP contribution in [0.4, 0.5) is 5.13 Å². The molecule has 1 aliphatic heterocycles. The van der Waals surface area contributed by atoms with Crippen molar-refractivity contribution in [2.45, 2.75) is 56.4 Å². The molecule has 4 rings (SSSR count). The Kier molecular flexibility index (Phi) is 7.30. The van der Waals surface area contributed by atoms with E-state index in [0.717, 1.165) is 35.4 Å². The topological polar surface area (TPSA) is 88.6 Å². The smallest absolute Gasteiger partial charge is 0.244 e. The SMILES string of the molecule is COc1ccc(-c2csc(NC(=O)[C@H]3CCCCN3S(=O)(=O)c3ccc(C(C)(C)C)cc3)n2)cc1. The van der Waals surface area contributed by atoms with E-state index >= 15 is 0 Å². The van der Waals surface area contributed by atoms with E-state index in [1.807, 2.05) is 41.8 Å². The lowest BCUT2D eigenvalue weighted by Crippen LogP contribution is -2.49. The van der Waals surface area contributed by atoms with Crippen molar-refractivity contribution in [1.82, 2.24) is 9.29 Å². The number of anilines is 1. The van der Waals surface area contributed by atoms with E-state index in [2.05, 4.69) is 31.1 Å². The predicted molar refractivity (Wildman–Crippen MR) is 139 cm³/mol. The minimum absolute atomic E-state index is 0.0752. The fourth-order valence-electron chi connectivity index (χ4n) is 4.13. The normalized spacial score (nSPS) is 17.2. The number of ether oxygens (including phenoxy) is 1. The van der Waals surface area contributed by atoms with Crippen LogP contribution in [0.1, 0.15) is 45.6 Å². The molecule has 0 bridgehead atoms. The Labute approximate surface area is 211 Å². The standard InChI is InChI=1S/C26H31N3O4S2/c1-26(2,3)19-10-14-21(15-11-19)35(31,32)29-16-6-5-7-23(29)24(30)28-25-27-22(17-34-25)18-8-12-20(33-4)13-9-18/h8-15,17,23H,5-7,16H2,1-4H3,(H,27,28,30)/t23-/m1/s1. The van der Waals surface area contributed by atoms with Gasteiger partial charge in [0, 0.05) is 17.5 Å². The van der Waals surface area contributed by atoms with Gasteiger partial charge < -0.3 is 10.1 Å². The second-order valence-corrected chi connectivity index (χ2v) is 12.4. The molecular weight excluding hydrogens is 482 g/mol. The summed E-state index contributed by atoms with van der Waals surface area (Å²) in [5.74, 6) is 0.402. The summed E-state index contributed by atoms with van der Waals surface area (Å²) >= 11 is 1.31. The van der Waals surface area contributed by atoms with Crippen LogP contribution >= 0.6 is 11.3 Å². The lowest BCUT2D eigenvalue weighted by molar-refractivity contribution is -0.120. The molecule has 0 saturated carbocycles. The average molecular weight is 514 g/mol. The Morgan fingerprint density at radius 3 is 2.40 bits per heavy atom. The molecule has 1 saturated heterocycles. The predicted octanol–water partition coefficient (Wildman–Crippen LogP) is 5.30. The summed E-state index contributed by atoms with van der Waals surface area (Å²) in [6, 6.07) is 13.7. The van der Waals surface area contributed by atoms with Crippen LogP contribution in [-0.2, 0) is 20.2 Å². The highest BCUT2D eigenvalue weighted by molar-refractivity contribution is 7.89. The van der Waals surface area contributed by atoms with E-state index in [4.69, 9.17) is 4.74 Å². The van der Waals surface area contributed by atoms with E-state index in [0.29, 0.717) is 18.1 Å². The number of nitrogens with one attached hydrogen (secondary N) is 1. The number of hydrogen-bond acceptors (Lipinski definition) is 6. The van der Waals surface area contributed by atoms with Gasteiger partial charge in [-0.15, -0.1) is 11.3 Å². The zero-order chi connectivity index (χ0) is 25.2. The molecule has 0 unspecified atom stereocenters. The van der Waals surface area contributed by atoms with E-state index in [1.54, 1.807) is 19.2 Å². The number of aromatic nitrogens is 1. The molecule has 1 atom stereocenters. The number of rotatable bonds is 6. The van der Waals surface area contributed by atoms with Gasteiger partial charge in [-0.1, -0.05) is 39.3 Å². The summed E-state index contributed by atoms with van der Waals surface area (Å²) in [5.41, 5.74) is 2.62. The molecule has 186 valence electrons. The largest absolute Gasteiger partial charge is 0.497 e. The van der Waals surface area contributed by atoms with Crippen LogP contribution in [0.5, 0.6) is 5.75 Å². The van der Waals surface area contributed by atoms with Crippen molar-refractivity contribution < 1.29 is 17.9 Å². The highest BCUT2D eigenvalue weighted by Gasteiger charge is 2.38. The zero-order valence-electron chi connectivity index (χ0n) is 20.4. The van der Waals surface area contributed by atoms with Crippen LogP contribution in [0.3, 0.4) is 0 Å². The first-order chi connectivity index (χ1) is 16.6. The summed E-state index contributed by atoms with van der Waals surface area (Å²) in [5, 5.41) is 5.15. The molecule has 3 aromatic rings. The summed E-state index contributed by atoms with van der Waals surface area (Å²) < 4.78 is 33.5. The fourth-order valence-corrected chi connectivity index (χ4v) is 6.51. The molecule has 1 amide bonds. The maximum absolute atomic E-state index is 13.5. The third-order valence-electron chi connectivity index (χ3n) is 6.20. The number of nitrogens with zero attached hydrogens (tertiary/aromatic N) is 2. The van der Waals surface area contributed by atoms with Crippen molar-refractivity contribution in [3.8, 4) is 17.0 Å². The molecule has 0 spiro atoms.